The third-order valence-electron chi connectivity index (χ3n) is 3.95. The Kier molecular flexibility index (Phi) is 6.03. The Morgan fingerprint density at radius 1 is 1.23 bits per heavy atom. The van der Waals surface area contributed by atoms with Gasteiger partial charge in [-0.1, -0.05) is 12.0 Å². The maximum absolute atomic E-state index is 13.0. The Hall–Kier alpha value is -0.880. The topological polar surface area (TPSA) is 85.1 Å². The zero-order valence-corrected chi connectivity index (χ0v) is 14.3. The van der Waals surface area contributed by atoms with Crippen LogP contribution < -0.4 is 5.84 Å². The van der Waals surface area contributed by atoms with Crippen LogP contribution >= 0.6 is 7.60 Å². The molecule has 0 aromatic rings. The molecule has 7 nitrogen and oxygen atoms in total. The minimum Gasteiger partial charge on any atom is -0.307 e. The van der Waals surface area contributed by atoms with E-state index in [1.165, 1.54) is 16.9 Å². The van der Waals surface area contributed by atoms with Crippen molar-refractivity contribution < 1.29 is 18.4 Å². The molecule has 2 amide bonds. The minimum absolute atomic E-state index is 0.139. The Bertz CT molecular complexity index is 465. The van der Waals surface area contributed by atoms with E-state index >= 15 is 0 Å². The first-order valence-corrected chi connectivity index (χ1v) is 9.56. The Balaban J connectivity index is 2.26. The normalized spacial score (nSPS) is 23.3. The number of hydrazine groups is 1. The van der Waals surface area contributed by atoms with E-state index < -0.39 is 13.4 Å². The van der Waals surface area contributed by atoms with E-state index in [1.807, 2.05) is 6.20 Å². The molecule has 0 spiro atoms. The predicted octanol–water partition coefficient (Wildman–Crippen LogP) is 3.04. The lowest BCUT2D eigenvalue weighted by molar-refractivity contribution is 0.190. The van der Waals surface area contributed by atoms with Gasteiger partial charge >= 0.3 is 13.6 Å². The molecule has 2 rings (SSSR count). The molecule has 2 N–H and O–H groups in total. The van der Waals surface area contributed by atoms with Gasteiger partial charge in [-0.05, 0) is 39.5 Å². The van der Waals surface area contributed by atoms with Crippen LogP contribution in [0.15, 0.2) is 11.8 Å². The number of hydrogen-bond acceptors (Lipinski definition) is 5. The molecular formula is C14H26N3O4P. The lowest BCUT2D eigenvalue weighted by Crippen LogP contribution is -2.35. The third-order valence-corrected chi connectivity index (χ3v) is 6.33. The first kappa shape index (κ1) is 17.5. The number of carbonyl (C=O) groups is 1. The second kappa shape index (κ2) is 7.59. The second-order valence-electron chi connectivity index (χ2n) is 5.55. The Morgan fingerprint density at radius 2 is 1.82 bits per heavy atom. The average Bonchev–Trinajstić information content (AvgIpc) is 2.78. The summed E-state index contributed by atoms with van der Waals surface area (Å²) in [5, 5.41) is 1.08. The van der Waals surface area contributed by atoms with Crippen LogP contribution in [-0.4, -0.2) is 41.5 Å². The van der Waals surface area contributed by atoms with Gasteiger partial charge in [-0.3, -0.25) is 14.5 Å². The van der Waals surface area contributed by atoms with E-state index in [1.54, 1.807) is 13.8 Å². The Morgan fingerprint density at radius 3 is 2.36 bits per heavy atom. The predicted molar refractivity (Wildman–Crippen MR) is 83.9 cm³/mol. The Labute approximate surface area is 131 Å². The summed E-state index contributed by atoms with van der Waals surface area (Å²) in [4.78, 5) is 13.7. The highest BCUT2D eigenvalue weighted by Gasteiger charge is 2.48. The van der Waals surface area contributed by atoms with Gasteiger partial charge < -0.3 is 9.05 Å². The first-order valence-electron chi connectivity index (χ1n) is 7.94. The quantitative estimate of drug-likeness (QED) is 0.459. The molecule has 1 heterocycles. The average molecular weight is 331 g/mol. The lowest BCUT2D eigenvalue weighted by atomic mass is 9.96. The van der Waals surface area contributed by atoms with Crippen molar-refractivity contribution in [2.75, 3.05) is 19.8 Å². The van der Waals surface area contributed by atoms with Crippen LogP contribution in [0.4, 0.5) is 4.79 Å². The number of nitrogens with two attached hydrogens (primary N) is 1. The monoisotopic (exact) mass is 331 g/mol. The highest BCUT2D eigenvalue weighted by Crippen LogP contribution is 2.56. The third kappa shape index (κ3) is 3.71. The molecule has 0 aromatic heterocycles. The molecule has 2 aliphatic rings. The molecule has 1 unspecified atom stereocenters. The van der Waals surface area contributed by atoms with Crippen LogP contribution in [0, 0.1) is 0 Å². The van der Waals surface area contributed by atoms with E-state index in [2.05, 4.69) is 0 Å². The maximum atomic E-state index is 13.0. The zero-order chi connectivity index (χ0) is 16.2. The fourth-order valence-electron chi connectivity index (χ4n) is 2.91. The van der Waals surface area contributed by atoms with Crippen molar-refractivity contribution in [3.05, 3.63) is 11.8 Å². The largest absolute Gasteiger partial charge is 0.355 e. The molecule has 1 aliphatic heterocycles. The molecule has 1 saturated heterocycles. The van der Waals surface area contributed by atoms with Crippen LogP contribution in [0.3, 0.4) is 0 Å². The van der Waals surface area contributed by atoms with Crippen molar-refractivity contribution in [1.82, 2.24) is 9.91 Å². The summed E-state index contributed by atoms with van der Waals surface area (Å²) in [6.45, 7) is 4.17. The van der Waals surface area contributed by atoms with Gasteiger partial charge in [-0.2, -0.15) is 0 Å². The van der Waals surface area contributed by atoms with Crippen LogP contribution in [0.5, 0.6) is 0 Å². The fourth-order valence-corrected chi connectivity index (χ4v) is 4.90. The van der Waals surface area contributed by atoms with Gasteiger partial charge in [0.1, 0.15) is 0 Å². The SMILES string of the molecule is CCOP(=O)(OCC)C1CN(N)C(=O)N1C=C1CCCCC1. The van der Waals surface area contributed by atoms with Crippen molar-refractivity contribution in [1.29, 1.82) is 0 Å². The lowest BCUT2D eigenvalue weighted by Gasteiger charge is -2.28. The summed E-state index contributed by atoms with van der Waals surface area (Å²) in [6, 6.07) is -0.359. The minimum atomic E-state index is -3.43. The standard InChI is InChI=1S/C14H26N3O4P/c1-3-20-22(19,21-4-2)13-11-17(15)14(18)16(13)10-12-8-6-5-7-9-12/h10,13H,3-9,11,15H2,1-2H3. The van der Waals surface area contributed by atoms with Crippen molar-refractivity contribution >= 4 is 13.6 Å². The molecule has 1 aliphatic carbocycles. The number of amides is 2. The van der Waals surface area contributed by atoms with E-state index in [-0.39, 0.29) is 25.8 Å². The first-order chi connectivity index (χ1) is 10.5. The highest BCUT2D eigenvalue weighted by molar-refractivity contribution is 7.54. The molecule has 22 heavy (non-hydrogen) atoms. The van der Waals surface area contributed by atoms with E-state index in [0.29, 0.717) is 0 Å². The summed E-state index contributed by atoms with van der Waals surface area (Å²) in [6.07, 6.45) is 7.21. The number of nitrogens with zero attached hydrogens (tertiary/aromatic N) is 2. The molecule has 0 aromatic carbocycles. The van der Waals surface area contributed by atoms with Gasteiger partial charge in [0.25, 0.3) is 0 Å². The number of rotatable bonds is 6. The maximum Gasteiger partial charge on any atom is 0.355 e. The second-order valence-corrected chi connectivity index (χ2v) is 7.74. The van der Waals surface area contributed by atoms with Crippen LogP contribution in [0.1, 0.15) is 46.0 Å². The zero-order valence-electron chi connectivity index (χ0n) is 13.4. The molecule has 0 bridgehead atoms. The van der Waals surface area contributed by atoms with Gasteiger partial charge in [-0.15, -0.1) is 0 Å². The van der Waals surface area contributed by atoms with E-state index in [4.69, 9.17) is 14.9 Å². The number of carbonyl (C=O) groups excluding carboxylic acids is 1. The summed E-state index contributed by atoms with van der Waals surface area (Å²) < 4.78 is 23.8. The van der Waals surface area contributed by atoms with Crippen LogP contribution in [0.2, 0.25) is 0 Å². The highest BCUT2D eigenvalue weighted by atomic mass is 31.2. The molecule has 126 valence electrons. The van der Waals surface area contributed by atoms with Gasteiger partial charge in [0, 0.05) is 6.20 Å². The van der Waals surface area contributed by atoms with Gasteiger partial charge in [-0.25, -0.2) is 10.6 Å². The van der Waals surface area contributed by atoms with E-state index in [9.17, 15) is 9.36 Å². The van der Waals surface area contributed by atoms with Gasteiger partial charge in [0.15, 0.2) is 5.78 Å². The molecule has 1 saturated carbocycles. The number of allylic oxidation sites excluding steroid dienone is 1. The summed E-state index contributed by atoms with van der Waals surface area (Å²) in [5.41, 5.74) is 1.19. The molecule has 2 fully saturated rings. The molecular weight excluding hydrogens is 305 g/mol. The number of hydrogen-bond donors (Lipinski definition) is 1. The molecule has 8 heteroatoms. The molecule has 0 radical (unpaired) electrons. The van der Waals surface area contributed by atoms with E-state index in [0.717, 1.165) is 30.7 Å². The van der Waals surface area contributed by atoms with Crippen molar-refractivity contribution in [3.8, 4) is 0 Å². The molecule has 1 atom stereocenters. The van der Waals surface area contributed by atoms with Gasteiger partial charge in [0.05, 0.1) is 19.8 Å². The van der Waals surface area contributed by atoms with Gasteiger partial charge in [0.2, 0.25) is 0 Å². The van der Waals surface area contributed by atoms with Crippen molar-refractivity contribution in [3.63, 3.8) is 0 Å². The summed E-state index contributed by atoms with van der Waals surface area (Å²) >= 11 is 0. The number of urea groups is 1. The van der Waals surface area contributed by atoms with Crippen molar-refractivity contribution in [2.24, 2.45) is 5.84 Å². The summed E-state index contributed by atoms with van der Waals surface area (Å²) in [7, 11) is -3.43. The fraction of sp³-hybridized carbons (Fsp3) is 0.786. The van der Waals surface area contributed by atoms with Crippen LogP contribution in [0.25, 0.3) is 0 Å². The van der Waals surface area contributed by atoms with Crippen LogP contribution in [-0.2, 0) is 13.6 Å². The smallest absolute Gasteiger partial charge is 0.307 e. The summed E-state index contributed by atoms with van der Waals surface area (Å²) in [5.74, 6) is 5.05. The van der Waals surface area contributed by atoms with Crippen molar-refractivity contribution in [2.45, 2.75) is 51.7 Å².